The topological polar surface area (TPSA) is 90.9 Å². The van der Waals surface area contributed by atoms with E-state index >= 15 is 0 Å². The van der Waals surface area contributed by atoms with Crippen LogP contribution < -0.4 is 5.32 Å². The maximum absolute atomic E-state index is 13.5. The van der Waals surface area contributed by atoms with Crippen molar-refractivity contribution in [2.45, 2.75) is 45.4 Å². The third-order valence-electron chi connectivity index (χ3n) is 4.90. The van der Waals surface area contributed by atoms with Crippen LogP contribution in [-0.2, 0) is 34.5 Å². The second-order valence-electron chi connectivity index (χ2n) is 7.21. The van der Waals surface area contributed by atoms with E-state index in [2.05, 4.69) is 5.32 Å². The van der Waals surface area contributed by atoms with E-state index in [1.54, 1.807) is 13.8 Å². The third-order valence-corrected chi connectivity index (χ3v) is 7.50. The van der Waals surface area contributed by atoms with E-state index in [9.17, 15) is 14.2 Å². The molecule has 0 saturated heterocycles. The molecule has 0 aliphatic carbocycles. The van der Waals surface area contributed by atoms with Crippen LogP contribution in [0.2, 0.25) is 0 Å². The molecule has 0 aromatic heterocycles. The molecule has 0 aliphatic rings. The van der Waals surface area contributed by atoms with E-state index in [-0.39, 0.29) is 32.8 Å². The Bertz CT molecular complexity index is 880. The van der Waals surface area contributed by atoms with E-state index in [1.165, 1.54) is 0 Å². The number of hydrogen-bond acceptors (Lipinski definition) is 6. The molecule has 2 aromatic carbocycles. The van der Waals surface area contributed by atoms with Crippen molar-refractivity contribution in [3.8, 4) is 0 Å². The minimum absolute atomic E-state index is 0.00141. The van der Waals surface area contributed by atoms with Crippen LogP contribution in [0.4, 0.5) is 0 Å². The highest BCUT2D eigenvalue weighted by atomic mass is 31.2. The van der Waals surface area contributed by atoms with Crippen LogP contribution in [0.25, 0.3) is 0 Å². The van der Waals surface area contributed by atoms with Crippen molar-refractivity contribution in [1.29, 1.82) is 0 Å². The smallest absolute Gasteiger partial charge is 0.343 e. The molecule has 7 nitrogen and oxygen atoms in total. The number of amides is 1. The summed E-state index contributed by atoms with van der Waals surface area (Å²) >= 11 is 0. The van der Waals surface area contributed by atoms with Gasteiger partial charge in [-0.15, -0.1) is 0 Å². The number of carbonyl (C=O) groups is 2. The summed E-state index contributed by atoms with van der Waals surface area (Å²) in [6.07, 6.45) is -0.00141. The van der Waals surface area contributed by atoms with Gasteiger partial charge >= 0.3 is 13.6 Å². The molecule has 174 valence electrons. The first kappa shape index (κ1) is 25.8. The van der Waals surface area contributed by atoms with Crippen molar-refractivity contribution in [1.82, 2.24) is 5.32 Å². The van der Waals surface area contributed by atoms with E-state index < -0.39 is 31.0 Å². The normalized spacial score (nSPS) is 13.2. The highest BCUT2D eigenvalue weighted by Gasteiger charge is 2.45. The molecule has 2 unspecified atom stereocenters. The van der Waals surface area contributed by atoms with Crippen LogP contribution in [0.15, 0.2) is 60.7 Å². The number of benzene rings is 2. The summed E-state index contributed by atoms with van der Waals surface area (Å²) in [5, 5.41) is 2.71. The van der Waals surface area contributed by atoms with Gasteiger partial charge in [-0.05, 0) is 25.0 Å². The molecule has 0 heterocycles. The average molecular weight is 461 g/mol. The minimum Gasteiger partial charge on any atom is -0.461 e. The Morgan fingerprint density at radius 1 is 0.938 bits per heavy atom. The van der Waals surface area contributed by atoms with Crippen molar-refractivity contribution in [2.75, 3.05) is 19.8 Å². The van der Waals surface area contributed by atoms with Crippen molar-refractivity contribution in [2.24, 2.45) is 0 Å². The molecular weight excluding hydrogens is 429 g/mol. The lowest BCUT2D eigenvalue weighted by atomic mass is 9.97. The molecule has 0 fully saturated rings. The molecule has 8 heteroatoms. The first-order chi connectivity index (χ1) is 15.4. The molecule has 32 heavy (non-hydrogen) atoms. The van der Waals surface area contributed by atoms with Crippen LogP contribution >= 0.6 is 7.60 Å². The summed E-state index contributed by atoms with van der Waals surface area (Å²) in [4.78, 5) is 25.2. The fourth-order valence-electron chi connectivity index (χ4n) is 3.34. The van der Waals surface area contributed by atoms with E-state index in [4.69, 9.17) is 13.8 Å². The molecule has 1 N–H and O–H groups in total. The van der Waals surface area contributed by atoms with Crippen LogP contribution in [0, 0.1) is 0 Å². The summed E-state index contributed by atoms with van der Waals surface area (Å²) in [5.74, 6) is -1.34. The Labute approximate surface area is 190 Å². The first-order valence-electron chi connectivity index (χ1n) is 10.8. The summed E-state index contributed by atoms with van der Waals surface area (Å²) in [5.41, 5.74) is 0.677. The highest BCUT2D eigenvalue weighted by molar-refractivity contribution is 7.55. The van der Waals surface area contributed by atoms with Gasteiger partial charge in [-0.2, -0.15) is 0 Å². The molecule has 2 aromatic rings. The van der Waals surface area contributed by atoms with Gasteiger partial charge in [0.15, 0.2) is 0 Å². The van der Waals surface area contributed by atoms with Crippen LogP contribution in [0.1, 0.15) is 44.2 Å². The van der Waals surface area contributed by atoms with Gasteiger partial charge in [0, 0.05) is 12.5 Å². The predicted octanol–water partition coefficient (Wildman–Crippen LogP) is 4.67. The zero-order valence-corrected chi connectivity index (χ0v) is 19.8. The van der Waals surface area contributed by atoms with Crippen molar-refractivity contribution >= 4 is 19.5 Å². The fourth-order valence-corrected chi connectivity index (χ4v) is 5.56. The Balaban J connectivity index is 2.04. The van der Waals surface area contributed by atoms with Crippen LogP contribution in [-0.4, -0.2) is 37.3 Å². The summed E-state index contributed by atoms with van der Waals surface area (Å²) in [6, 6.07) is 18.7. The second-order valence-corrected chi connectivity index (χ2v) is 9.36. The maximum atomic E-state index is 13.5. The predicted molar refractivity (Wildman–Crippen MR) is 123 cm³/mol. The van der Waals surface area contributed by atoms with Gasteiger partial charge in [-0.25, -0.2) is 0 Å². The van der Waals surface area contributed by atoms with Gasteiger partial charge in [0.25, 0.3) is 0 Å². The number of rotatable bonds is 13. The number of carbonyl (C=O) groups excluding carboxylic acids is 2. The van der Waals surface area contributed by atoms with Crippen LogP contribution in [0.5, 0.6) is 0 Å². The molecule has 0 aliphatic heterocycles. The van der Waals surface area contributed by atoms with Gasteiger partial charge in [0.05, 0.1) is 19.6 Å². The number of nitrogens with one attached hydrogen (secondary N) is 1. The van der Waals surface area contributed by atoms with E-state index in [1.807, 2.05) is 67.6 Å². The summed E-state index contributed by atoms with van der Waals surface area (Å²) < 4.78 is 29.7. The van der Waals surface area contributed by atoms with E-state index in [0.717, 1.165) is 11.1 Å². The first-order valence-corrected chi connectivity index (χ1v) is 12.4. The lowest BCUT2D eigenvalue weighted by Gasteiger charge is -2.30. The molecule has 1 amide bonds. The Hall–Kier alpha value is -2.47. The summed E-state index contributed by atoms with van der Waals surface area (Å²) in [6.45, 7) is 5.75. The zero-order valence-electron chi connectivity index (χ0n) is 18.9. The molecule has 0 bridgehead atoms. The maximum Gasteiger partial charge on any atom is 0.343 e. The zero-order chi connectivity index (χ0) is 23.4. The SMILES string of the molecule is CCOP(=O)(OCC)C(C(=O)NCCC(=O)OCc1ccccc1)C(C)c1ccccc1. The lowest BCUT2D eigenvalue weighted by Crippen LogP contribution is -2.39. The van der Waals surface area contributed by atoms with Crippen molar-refractivity contribution in [3.05, 3.63) is 71.8 Å². The molecular formula is C24H32NO6P. The second kappa shape index (κ2) is 13.2. The van der Waals surface area contributed by atoms with Gasteiger partial charge in [-0.3, -0.25) is 14.2 Å². The van der Waals surface area contributed by atoms with Crippen molar-refractivity contribution in [3.63, 3.8) is 0 Å². The molecule has 2 atom stereocenters. The van der Waals surface area contributed by atoms with Crippen molar-refractivity contribution < 1.29 is 27.9 Å². The lowest BCUT2D eigenvalue weighted by molar-refractivity contribution is -0.144. The minimum atomic E-state index is -3.75. The Morgan fingerprint density at radius 2 is 1.50 bits per heavy atom. The highest BCUT2D eigenvalue weighted by Crippen LogP contribution is 2.57. The largest absolute Gasteiger partial charge is 0.461 e. The van der Waals surface area contributed by atoms with Gasteiger partial charge < -0.3 is 19.1 Å². The Morgan fingerprint density at radius 3 is 2.06 bits per heavy atom. The molecule has 2 rings (SSSR count). The number of esters is 1. The summed E-state index contributed by atoms with van der Waals surface area (Å²) in [7, 11) is -3.75. The standard InChI is InChI=1S/C24H32NO6P/c1-4-30-32(28,31-5-2)23(19(3)21-14-10-7-11-15-21)24(27)25-17-16-22(26)29-18-20-12-8-6-9-13-20/h6-15,19,23H,4-5,16-18H2,1-3H3,(H,25,27). The van der Waals surface area contributed by atoms with Crippen LogP contribution in [0.3, 0.4) is 0 Å². The fraction of sp³-hybridized carbons (Fsp3) is 0.417. The third kappa shape index (κ3) is 7.59. The van der Waals surface area contributed by atoms with E-state index in [0.29, 0.717) is 0 Å². The van der Waals surface area contributed by atoms with Gasteiger partial charge in [-0.1, -0.05) is 67.6 Å². The number of hydrogen-bond donors (Lipinski definition) is 1. The quantitative estimate of drug-likeness (QED) is 0.344. The number of ether oxygens (including phenoxy) is 1. The molecule has 0 spiro atoms. The molecule has 0 radical (unpaired) electrons. The monoisotopic (exact) mass is 461 g/mol. The van der Waals surface area contributed by atoms with Gasteiger partial charge in [0.1, 0.15) is 12.3 Å². The Kier molecular flexibility index (Phi) is 10.6. The van der Waals surface area contributed by atoms with Gasteiger partial charge in [0.2, 0.25) is 5.91 Å². The molecule has 0 saturated carbocycles. The average Bonchev–Trinajstić information content (AvgIpc) is 2.79.